The van der Waals surface area contributed by atoms with Crippen molar-refractivity contribution in [3.63, 3.8) is 0 Å². The van der Waals surface area contributed by atoms with E-state index in [4.69, 9.17) is 20.8 Å². The average molecular weight is 459 g/mol. The van der Waals surface area contributed by atoms with Crippen LogP contribution in [0.15, 0.2) is 74.9 Å². The molecule has 2 aromatic rings. The van der Waals surface area contributed by atoms with Gasteiger partial charge in [-0.05, 0) is 30.2 Å². The van der Waals surface area contributed by atoms with Crippen LogP contribution in [-0.2, 0) is 32.1 Å². The number of thioether (sulfide) groups is 1. The molecule has 3 heterocycles. The first-order valence-electron chi connectivity index (χ1n) is 9.53. The molecule has 2 aliphatic heterocycles. The lowest BCUT2D eigenvalue weighted by molar-refractivity contribution is -0.153. The van der Waals surface area contributed by atoms with Crippen molar-refractivity contribution in [2.24, 2.45) is 0 Å². The molecule has 2 unspecified atom stereocenters. The Kier molecular flexibility index (Phi) is 6.20. The average Bonchev–Trinajstić information content (AvgIpc) is 3.29. The van der Waals surface area contributed by atoms with E-state index >= 15 is 0 Å². The number of ether oxygens (including phenoxy) is 1. The maximum absolute atomic E-state index is 12.9. The number of carbonyl (C=O) groups excluding carboxylic acids is 3. The first-order chi connectivity index (χ1) is 15.0. The van der Waals surface area contributed by atoms with Gasteiger partial charge in [-0.25, -0.2) is 4.79 Å². The van der Waals surface area contributed by atoms with E-state index in [2.05, 4.69) is 5.32 Å². The van der Waals surface area contributed by atoms with Crippen LogP contribution < -0.4 is 5.32 Å². The minimum atomic E-state index is -0.774. The fourth-order valence-electron chi connectivity index (χ4n) is 3.42. The number of nitrogens with zero attached hydrogens (tertiary/aromatic N) is 1. The number of nitrogens with one attached hydrogen (secondary N) is 1. The van der Waals surface area contributed by atoms with Crippen molar-refractivity contribution in [1.29, 1.82) is 0 Å². The third-order valence-electron chi connectivity index (χ3n) is 4.99. The molecular formula is C22H19ClN2O5S. The highest BCUT2D eigenvalue weighted by molar-refractivity contribution is 8.04. The normalized spacial score (nSPS) is 21.5. The zero-order valence-corrected chi connectivity index (χ0v) is 18.1. The predicted molar refractivity (Wildman–Crippen MR) is 115 cm³/mol. The second-order valence-corrected chi connectivity index (χ2v) is 8.40. The Morgan fingerprint density at radius 3 is 2.71 bits per heavy atom. The molecular weight excluding hydrogens is 440 g/mol. The molecule has 1 N–H and O–H groups in total. The number of hydrogen-bond donors (Lipinski definition) is 1. The molecule has 1 aromatic carbocycles. The van der Waals surface area contributed by atoms with Crippen LogP contribution in [0.5, 0.6) is 0 Å². The van der Waals surface area contributed by atoms with Crippen LogP contribution >= 0.6 is 23.4 Å². The van der Waals surface area contributed by atoms with Gasteiger partial charge in [0.2, 0.25) is 5.91 Å². The van der Waals surface area contributed by atoms with E-state index in [-0.39, 0.29) is 30.5 Å². The molecule has 2 amide bonds. The third-order valence-corrected chi connectivity index (χ3v) is 6.74. The number of carbonyl (C=O) groups is 3. The number of benzene rings is 1. The SMILES string of the molecule is CC1=C(C(=O)OCc2ccccc2)N2C(=O)C(NC(=O)Cc3ccco3)C2S/C1=C\Cl. The Morgan fingerprint density at radius 1 is 1.26 bits per heavy atom. The third kappa shape index (κ3) is 4.26. The highest BCUT2D eigenvalue weighted by Crippen LogP contribution is 2.46. The van der Waals surface area contributed by atoms with Crippen LogP contribution in [0.2, 0.25) is 0 Å². The van der Waals surface area contributed by atoms with Crippen LogP contribution in [0.3, 0.4) is 0 Å². The van der Waals surface area contributed by atoms with Crippen molar-refractivity contribution < 1.29 is 23.5 Å². The molecule has 2 aliphatic rings. The number of esters is 1. The summed E-state index contributed by atoms with van der Waals surface area (Å²) in [6, 6.07) is 11.9. The van der Waals surface area contributed by atoms with Gasteiger partial charge < -0.3 is 14.5 Å². The quantitative estimate of drug-likeness (QED) is 0.527. The Bertz CT molecular complexity index is 1060. The van der Waals surface area contributed by atoms with Crippen molar-refractivity contribution >= 4 is 41.1 Å². The van der Waals surface area contributed by atoms with Crippen molar-refractivity contribution in [3.05, 3.63) is 81.8 Å². The van der Waals surface area contributed by atoms with Crippen molar-refractivity contribution in [3.8, 4) is 0 Å². The molecule has 1 saturated heterocycles. The summed E-state index contributed by atoms with van der Waals surface area (Å²) in [5.74, 6) is -0.828. The minimum Gasteiger partial charge on any atom is -0.469 e. The fourth-order valence-corrected chi connectivity index (χ4v) is 4.96. The number of amides is 2. The highest BCUT2D eigenvalue weighted by Gasteiger charge is 2.55. The topological polar surface area (TPSA) is 88.9 Å². The van der Waals surface area contributed by atoms with E-state index in [0.717, 1.165) is 5.56 Å². The maximum atomic E-state index is 12.9. The van der Waals surface area contributed by atoms with Gasteiger partial charge in [-0.1, -0.05) is 53.7 Å². The lowest BCUT2D eigenvalue weighted by Gasteiger charge is -2.49. The zero-order chi connectivity index (χ0) is 22.0. The summed E-state index contributed by atoms with van der Waals surface area (Å²) in [6.07, 6.45) is 1.50. The van der Waals surface area contributed by atoms with Crippen LogP contribution in [0, 0.1) is 0 Å². The number of allylic oxidation sites excluding steroid dienone is 1. The number of rotatable bonds is 6. The largest absolute Gasteiger partial charge is 0.469 e. The van der Waals surface area contributed by atoms with E-state index in [1.807, 2.05) is 30.3 Å². The molecule has 7 nitrogen and oxygen atoms in total. The Balaban J connectivity index is 1.48. The summed E-state index contributed by atoms with van der Waals surface area (Å²) in [6.45, 7) is 1.80. The van der Waals surface area contributed by atoms with Gasteiger partial charge in [0.1, 0.15) is 29.5 Å². The molecule has 4 rings (SSSR count). The molecule has 0 saturated carbocycles. The standard InChI is InChI=1S/C22H19ClN2O5S/c1-13-16(11-23)31-21-18(24-17(26)10-15-8-5-9-29-15)20(27)25(21)19(13)22(28)30-12-14-6-3-2-4-7-14/h2-9,11,18,21H,10,12H2,1H3,(H,24,26)/b16-11-. The summed E-state index contributed by atoms with van der Waals surface area (Å²) in [5.41, 5.74) is 2.91. The second kappa shape index (κ2) is 9.03. The first-order valence-corrected chi connectivity index (χ1v) is 10.9. The number of fused-ring (bicyclic) bond motifs is 1. The Morgan fingerprint density at radius 2 is 2.03 bits per heavy atom. The van der Waals surface area contributed by atoms with E-state index < -0.39 is 17.4 Å². The van der Waals surface area contributed by atoms with E-state index in [9.17, 15) is 14.4 Å². The summed E-state index contributed by atoms with van der Waals surface area (Å²) < 4.78 is 10.6. The summed E-state index contributed by atoms with van der Waals surface area (Å²) >= 11 is 7.28. The van der Waals surface area contributed by atoms with Crippen molar-refractivity contribution in [2.45, 2.75) is 31.4 Å². The van der Waals surface area contributed by atoms with Crippen LogP contribution in [0.4, 0.5) is 0 Å². The van der Waals surface area contributed by atoms with Gasteiger partial charge in [-0.15, -0.1) is 0 Å². The molecule has 9 heteroatoms. The van der Waals surface area contributed by atoms with Gasteiger partial charge >= 0.3 is 5.97 Å². The monoisotopic (exact) mass is 458 g/mol. The molecule has 0 aliphatic carbocycles. The minimum absolute atomic E-state index is 0.0210. The van der Waals surface area contributed by atoms with Crippen LogP contribution in [0.25, 0.3) is 0 Å². The molecule has 1 fully saturated rings. The van der Waals surface area contributed by atoms with Gasteiger partial charge in [-0.2, -0.15) is 0 Å². The fraction of sp³-hybridized carbons (Fsp3) is 0.227. The summed E-state index contributed by atoms with van der Waals surface area (Å²) in [7, 11) is 0. The van der Waals surface area contributed by atoms with Crippen LogP contribution in [-0.4, -0.2) is 34.1 Å². The second-order valence-electron chi connectivity index (χ2n) is 7.03. The molecule has 1 aromatic heterocycles. The van der Waals surface area contributed by atoms with Gasteiger partial charge in [0.25, 0.3) is 5.91 Å². The van der Waals surface area contributed by atoms with Gasteiger partial charge in [0, 0.05) is 10.4 Å². The molecule has 0 spiro atoms. The molecule has 0 bridgehead atoms. The van der Waals surface area contributed by atoms with Crippen LogP contribution in [0.1, 0.15) is 18.2 Å². The zero-order valence-electron chi connectivity index (χ0n) is 16.5. The molecule has 0 radical (unpaired) electrons. The van der Waals surface area contributed by atoms with Gasteiger partial charge in [0.05, 0.1) is 12.7 Å². The lowest BCUT2D eigenvalue weighted by Crippen LogP contribution is -2.70. The van der Waals surface area contributed by atoms with E-state index in [0.29, 0.717) is 16.2 Å². The number of halogens is 1. The van der Waals surface area contributed by atoms with Gasteiger partial charge in [-0.3, -0.25) is 14.5 Å². The predicted octanol–water partition coefficient (Wildman–Crippen LogP) is 3.32. The number of hydrogen-bond acceptors (Lipinski definition) is 6. The highest BCUT2D eigenvalue weighted by atomic mass is 35.5. The molecule has 160 valence electrons. The maximum Gasteiger partial charge on any atom is 0.355 e. The van der Waals surface area contributed by atoms with Gasteiger partial charge in [0.15, 0.2) is 0 Å². The van der Waals surface area contributed by atoms with E-state index in [1.54, 1.807) is 19.1 Å². The smallest absolute Gasteiger partial charge is 0.355 e. The Hall–Kier alpha value is -2.97. The number of furan rings is 1. The lowest BCUT2D eigenvalue weighted by atomic mass is 10.0. The van der Waals surface area contributed by atoms with E-state index in [1.165, 1.54) is 28.5 Å². The summed E-state index contributed by atoms with van der Waals surface area (Å²) in [5, 5.41) is 2.24. The van der Waals surface area contributed by atoms with Crippen molar-refractivity contribution in [1.82, 2.24) is 10.2 Å². The Labute approximate surface area is 188 Å². The van der Waals surface area contributed by atoms with Crippen molar-refractivity contribution in [2.75, 3.05) is 0 Å². The summed E-state index contributed by atoms with van der Waals surface area (Å²) in [4.78, 5) is 40.1. The molecule has 31 heavy (non-hydrogen) atoms. The first kappa shape index (κ1) is 21.3. The molecule has 2 atom stereocenters. The number of β-lactam (4-membered cyclic amide) rings is 1.